The molecule has 0 spiro atoms. The van der Waals surface area contributed by atoms with E-state index in [1.54, 1.807) is 0 Å². The maximum absolute atomic E-state index is 10.8. The second kappa shape index (κ2) is 4.98. The van der Waals surface area contributed by atoms with Gasteiger partial charge in [-0.15, -0.1) is 0 Å². The van der Waals surface area contributed by atoms with Gasteiger partial charge in [0.05, 0.1) is 0 Å². The van der Waals surface area contributed by atoms with E-state index in [-0.39, 0.29) is 23.8 Å². The van der Waals surface area contributed by atoms with Gasteiger partial charge in [-0.3, -0.25) is 4.79 Å². The second-order valence-corrected chi connectivity index (χ2v) is 4.74. The fourth-order valence-electron chi connectivity index (χ4n) is 1.40. The van der Waals surface area contributed by atoms with E-state index in [9.17, 15) is 14.7 Å². The number of aliphatic carboxylic acids is 1. The van der Waals surface area contributed by atoms with Crippen LogP contribution in [0.4, 0.5) is 0 Å². The maximum Gasteiger partial charge on any atom is 0.217 e. The summed E-state index contributed by atoms with van der Waals surface area (Å²) >= 11 is 0. The highest BCUT2D eigenvalue weighted by Gasteiger charge is 2.19. The minimum absolute atomic E-state index is 0.0113. The standard InChI is InChI=1S/C10H19NO3/c1-7(12)11-8(5-9(13)14)6-10(2,3)4/h8H,5-6H2,1-4H3,(H,11,12)(H,13,14)/p-1. The van der Waals surface area contributed by atoms with Crippen molar-refractivity contribution in [1.29, 1.82) is 0 Å². The van der Waals surface area contributed by atoms with Crippen LogP contribution in [0, 0.1) is 5.41 Å². The number of carboxylic acids is 1. The van der Waals surface area contributed by atoms with Crippen molar-refractivity contribution in [3.8, 4) is 0 Å². The van der Waals surface area contributed by atoms with Gasteiger partial charge in [0.1, 0.15) is 0 Å². The summed E-state index contributed by atoms with van der Waals surface area (Å²) in [6, 6.07) is -0.336. The Morgan fingerprint density at radius 3 is 2.14 bits per heavy atom. The lowest BCUT2D eigenvalue weighted by atomic mass is 9.87. The molecule has 0 aliphatic rings. The predicted octanol–water partition coefficient (Wildman–Crippen LogP) is 0.0673. The third-order valence-corrected chi connectivity index (χ3v) is 1.68. The van der Waals surface area contributed by atoms with Crippen LogP contribution in [0.25, 0.3) is 0 Å². The van der Waals surface area contributed by atoms with Crippen molar-refractivity contribution in [1.82, 2.24) is 5.32 Å². The second-order valence-electron chi connectivity index (χ2n) is 4.74. The first-order chi connectivity index (χ1) is 6.20. The van der Waals surface area contributed by atoms with E-state index < -0.39 is 5.97 Å². The third kappa shape index (κ3) is 7.58. The first-order valence-electron chi connectivity index (χ1n) is 4.67. The zero-order chi connectivity index (χ0) is 11.4. The molecule has 0 aromatic carbocycles. The van der Waals surface area contributed by atoms with Gasteiger partial charge in [-0.2, -0.15) is 0 Å². The smallest absolute Gasteiger partial charge is 0.217 e. The van der Waals surface area contributed by atoms with Gasteiger partial charge >= 0.3 is 0 Å². The normalized spacial score (nSPS) is 13.4. The Balaban J connectivity index is 4.24. The number of nitrogens with one attached hydrogen (secondary N) is 1. The first-order valence-corrected chi connectivity index (χ1v) is 4.67. The molecule has 0 radical (unpaired) electrons. The van der Waals surface area contributed by atoms with Gasteiger partial charge in [0.25, 0.3) is 0 Å². The van der Waals surface area contributed by atoms with Crippen LogP contribution in [-0.2, 0) is 9.59 Å². The Labute approximate surface area is 84.7 Å². The van der Waals surface area contributed by atoms with Gasteiger partial charge < -0.3 is 15.2 Å². The van der Waals surface area contributed by atoms with Crippen LogP contribution in [0.5, 0.6) is 0 Å². The largest absolute Gasteiger partial charge is 0.550 e. The molecule has 0 saturated heterocycles. The number of hydrogen-bond acceptors (Lipinski definition) is 3. The Hall–Kier alpha value is -1.06. The summed E-state index contributed by atoms with van der Waals surface area (Å²) in [6.45, 7) is 7.37. The van der Waals surface area contributed by atoms with E-state index in [0.717, 1.165) is 0 Å². The van der Waals surface area contributed by atoms with E-state index in [0.29, 0.717) is 6.42 Å². The summed E-state index contributed by atoms with van der Waals surface area (Å²) < 4.78 is 0. The molecule has 0 saturated carbocycles. The van der Waals surface area contributed by atoms with Crippen LogP contribution in [0.1, 0.15) is 40.5 Å². The van der Waals surface area contributed by atoms with Crippen molar-refractivity contribution in [2.24, 2.45) is 5.41 Å². The lowest BCUT2D eigenvalue weighted by Gasteiger charge is -2.26. The van der Waals surface area contributed by atoms with Crippen LogP contribution in [0.3, 0.4) is 0 Å². The fraction of sp³-hybridized carbons (Fsp3) is 0.800. The van der Waals surface area contributed by atoms with Gasteiger partial charge in [0.15, 0.2) is 0 Å². The van der Waals surface area contributed by atoms with Gasteiger partial charge in [-0.25, -0.2) is 0 Å². The Morgan fingerprint density at radius 1 is 1.36 bits per heavy atom. The van der Waals surface area contributed by atoms with Gasteiger partial charge in [-0.05, 0) is 11.8 Å². The molecule has 4 nitrogen and oxygen atoms in total. The Morgan fingerprint density at radius 2 is 1.86 bits per heavy atom. The van der Waals surface area contributed by atoms with Gasteiger partial charge in [0, 0.05) is 25.4 Å². The number of rotatable bonds is 4. The third-order valence-electron chi connectivity index (χ3n) is 1.68. The minimum Gasteiger partial charge on any atom is -0.550 e. The van der Waals surface area contributed by atoms with E-state index in [2.05, 4.69) is 5.32 Å². The van der Waals surface area contributed by atoms with Gasteiger partial charge in [-0.1, -0.05) is 20.8 Å². The van der Waals surface area contributed by atoms with Crippen LogP contribution < -0.4 is 10.4 Å². The molecule has 0 aromatic heterocycles. The maximum atomic E-state index is 10.8. The SMILES string of the molecule is CC(=O)NC(CC(=O)[O-])CC(C)(C)C. The average molecular weight is 200 g/mol. The van der Waals surface area contributed by atoms with E-state index in [4.69, 9.17) is 0 Å². The van der Waals surface area contributed by atoms with E-state index in [1.807, 2.05) is 20.8 Å². The van der Waals surface area contributed by atoms with Crippen molar-refractivity contribution in [3.05, 3.63) is 0 Å². The summed E-state index contributed by atoms with van der Waals surface area (Å²) in [5.74, 6) is -1.34. The minimum atomic E-state index is -1.13. The molecule has 82 valence electrons. The summed E-state index contributed by atoms with van der Waals surface area (Å²) in [4.78, 5) is 21.2. The molecule has 0 rings (SSSR count). The molecule has 0 fully saturated rings. The van der Waals surface area contributed by atoms with Crippen molar-refractivity contribution in [3.63, 3.8) is 0 Å². The molecule has 0 aromatic rings. The number of hydrogen-bond donors (Lipinski definition) is 1. The first kappa shape index (κ1) is 12.9. The average Bonchev–Trinajstić information content (AvgIpc) is 1.77. The lowest BCUT2D eigenvalue weighted by molar-refractivity contribution is -0.306. The fourth-order valence-corrected chi connectivity index (χ4v) is 1.40. The Bertz CT molecular complexity index is 202. The molecule has 4 heteroatoms. The number of carbonyl (C=O) groups excluding carboxylic acids is 2. The van der Waals surface area contributed by atoms with Crippen LogP contribution in [0.15, 0.2) is 0 Å². The highest BCUT2D eigenvalue weighted by atomic mass is 16.4. The van der Waals surface area contributed by atoms with Crippen molar-refractivity contribution in [2.45, 2.75) is 46.6 Å². The highest BCUT2D eigenvalue weighted by molar-refractivity contribution is 5.74. The van der Waals surface area contributed by atoms with Crippen molar-refractivity contribution in [2.75, 3.05) is 0 Å². The zero-order valence-corrected chi connectivity index (χ0v) is 9.22. The van der Waals surface area contributed by atoms with E-state index >= 15 is 0 Å². The molecule has 0 bridgehead atoms. The molecule has 14 heavy (non-hydrogen) atoms. The van der Waals surface area contributed by atoms with E-state index in [1.165, 1.54) is 6.92 Å². The van der Waals surface area contributed by atoms with Crippen molar-refractivity contribution < 1.29 is 14.7 Å². The van der Waals surface area contributed by atoms with Crippen LogP contribution in [-0.4, -0.2) is 17.9 Å². The summed E-state index contributed by atoms with van der Waals surface area (Å²) in [5.41, 5.74) is -0.0113. The number of carboxylic acid groups (broad SMARTS) is 1. The molecule has 0 heterocycles. The molecule has 0 aliphatic carbocycles. The number of amides is 1. The quantitative estimate of drug-likeness (QED) is 0.698. The summed E-state index contributed by atoms with van der Waals surface area (Å²) in [7, 11) is 0. The predicted molar refractivity (Wildman–Crippen MR) is 51.3 cm³/mol. The summed E-state index contributed by atoms with van der Waals surface area (Å²) in [5, 5.41) is 13.0. The zero-order valence-electron chi connectivity index (χ0n) is 9.22. The van der Waals surface area contributed by atoms with Crippen LogP contribution in [0.2, 0.25) is 0 Å². The summed E-state index contributed by atoms with van der Waals surface area (Å²) in [6.07, 6.45) is 0.497. The lowest BCUT2D eigenvalue weighted by Crippen LogP contribution is -2.40. The highest BCUT2D eigenvalue weighted by Crippen LogP contribution is 2.21. The molecule has 1 amide bonds. The molecule has 0 aliphatic heterocycles. The van der Waals surface area contributed by atoms with Gasteiger partial charge in [0.2, 0.25) is 5.91 Å². The molecular weight excluding hydrogens is 182 g/mol. The molecular formula is C10H18NO3-. The number of carbonyl (C=O) groups is 2. The molecule has 1 unspecified atom stereocenters. The monoisotopic (exact) mass is 200 g/mol. The molecule has 1 atom stereocenters. The molecule has 1 N–H and O–H groups in total. The Kier molecular flexibility index (Phi) is 4.60. The topological polar surface area (TPSA) is 69.2 Å². The van der Waals surface area contributed by atoms with Crippen molar-refractivity contribution >= 4 is 11.9 Å². The van der Waals surface area contributed by atoms with Crippen LogP contribution >= 0.6 is 0 Å².